The van der Waals surface area contributed by atoms with Crippen LogP contribution >= 0.6 is 27.5 Å². The molecule has 0 saturated heterocycles. The van der Waals surface area contributed by atoms with E-state index in [2.05, 4.69) is 31.4 Å². The van der Waals surface area contributed by atoms with Crippen LogP contribution in [0.3, 0.4) is 0 Å². The summed E-state index contributed by atoms with van der Waals surface area (Å²) in [5.74, 6) is 0.601. The van der Waals surface area contributed by atoms with Crippen molar-refractivity contribution in [3.63, 3.8) is 0 Å². The van der Waals surface area contributed by atoms with Crippen molar-refractivity contribution in [2.24, 2.45) is 0 Å². The predicted molar refractivity (Wildman–Crippen MR) is 65.5 cm³/mol. The Morgan fingerprint density at radius 2 is 2.29 bits per heavy atom. The number of aromatic nitrogens is 2. The van der Waals surface area contributed by atoms with Gasteiger partial charge in [-0.15, -0.1) is 0 Å². The fraction of sp³-hybridized carbons (Fsp3) is 0.200. The third-order valence-electron chi connectivity index (χ3n) is 2.00. The second-order valence-electron chi connectivity index (χ2n) is 3.33. The number of nitrogens with zero attached hydrogens (tertiary/aromatic N) is 2. The molecule has 0 spiro atoms. The van der Waals surface area contributed by atoms with Gasteiger partial charge in [0.05, 0.1) is 17.3 Å². The summed E-state index contributed by atoms with van der Waals surface area (Å²) in [6.45, 7) is 2.05. The molecule has 0 amide bonds. The monoisotopic (exact) mass is 319 g/mol. The van der Waals surface area contributed by atoms with Crippen LogP contribution in [0.2, 0.25) is 5.02 Å². The second-order valence-corrected chi connectivity index (χ2v) is 4.59. The Morgan fingerprint density at radius 1 is 1.53 bits per heavy atom. The molecule has 0 radical (unpaired) electrons. The van der Waals surface area contributed by atoms with Gasteiger partial charge in [-0.2, -0.15) is 4.98 Å². The summed E-state index contributed by atoms with van der Waals surface area (Å²) >= 11 is 9.13. The van der Waals surface area contributed by atoms with Crippen LogP contribution in [0.5, 0.6) is 0 Å². The van der Waals surface area contributed by atoms with Gasteiger partial charge in [0.25, 0.3) is 0 Å². The molecule has 1 aromatic heterocycles. The van der Waals surface area contributed by atoms with Gasteiger partial charge in [-0.05, 0) is 28.1 Å². The topological polar surface area (TPSA) is 51.0 Å². The first-order valence-corrected chi connectivity index (χ1v) is 5.91. The van der Waals surface area contributed by atoms with Gasteiger partial charge in [-0.25, -0.2) is 4.39 Å². The second kappa shape index (κ2) is 5.01. The van der Waals surface area contributed by atoms with Crippen molar-refractivity contribution >= 4 is 33.2 Å². The fourth-order valence-electron chi connectivity index (χ4n) is 1.29. The van der Waals surface area contributed by atoms with Crippen LogP contribution in [0.15, 0.2) is 21.1 Å². The smallest absolute Gasteiger partial charge is 0.223 e. The Kier molecular flexibility index (Phi) is 3.63. The molecule has 90 valence electrons. The van der Waals surface area contributed by atoms with Crippen LogP contribution in [0.1, 0.15) is 11.7 Å². The Balaban J connectivity index is 2.14. The molecule has 0 saturated carbocycles. The van der Waals surface area contributed by atoms with E-state index in [1.807, 2.05) is 0 Å². The number of nitrogens with one attached hydrogen (secondary N) is 1. The van der Waals surface area contributed by atoms with Gasteiger partial charge in [-0.3, -0.25) is 0 Å². The van der Waals surface area contributed by atoms with E-state index < -0.39 is 5.82 Å². The Morgan fingerprint density at radius 3 is 2.88 bits per heavy atom. The summed E-state index contributed by atoms with van der Waals surface area (Å²) < 4.78 is 18.4. The summed E-state index contributed by atoms with van der Waals surface area (Å²) in [6, 6.07) is 2.56. The first kappa shape index (κ1) is 12.3. The molecule has 0 atom stereocenters. The van der Waals surface area contributed by atoms with Crippen LogP contribution in [-0.2, 0) is 6.54 Å². The maximum atomic E-state index is 13.0. The van der Waals surface area contributed by atoms with Crippen LogP contribution in [0.25, 0.3) is 0 Å². The van der Waals surface area contributed by atoms with E-state index in [4.69, 9.17) is 16.1 Å². The van der Waals surface area contributed by atoms with Crippen LogP contribution in [0, 0.1) is 12.7 Å². The number of hydrogen-bond acceptors (Lipinski definition) is 4. The number of halogens is 3. The maximum Gasteiger partial charge on any atom is 0.223 e. The van der Waals surface area contributed by atoms with Crippen molar-refractivity contribution in [2.45, 2.75) is 13.5 Å². The van der Waals surface area contributed by atoms with Gasteiger partial charge < -0.3 is 9.84 Å². The third kappa shape index (κ3) is 2.95. The average molecular weight is 321 g/mol. The Hall–Kier alpha value is -1.14. The van der Waals surface area contributed by atoms with E-state index in [0.29, 0.717) is 28.4 Å². The maximum absolute atomic E-state index is 13.0. The van der Waals surface area contributed by atoms with Crippen molar-refractivity contribution in [2.75, 3.05) is 5.32 Å². The van der Waals surface area contributed by atoms with Crippen molar-refractivity contribution in [3.05, 3.63) is 39.2 Å². The normalized spacial score (nSPS) is 10.6. The van der Waals surface area contributed by atoms with E-state index in [1.165, 1.54) is 12.1 Å². The molecule has 0 aliphatic carbocycles. The molecule has 0 fully saturated rings. The molecule has 1 aromatic carbocycles. The highest BCUT2D eigenvalue weighted by molar-refractivity contribution is 9.10. The number of benzene rings is 1. The predicted octanol–water partition coefficient (Wildman–Crippen LogP) is 3.55. The number of rotatable bonds is 3. The minimum Gasteiger partial charge on any atom is -0.375 e. The Bertz CT molecular complexity index is 523. The number of anilines is 1. The molecule has 0 bridgehead atoms. The molecule has 0 unspecified atom stereocenters. The summed E-state index contributed by atoms with van der Waals surface area (Å²) in [6.07, 6.45) is 0. The first-order chi connectivity index (χ1) is 8.06. The van der Waals surface area contributed by atoms with E-state index in [1.54, 1.807) is 6.92 Å². The molecule has 4 nitrogen and oxygen atoms in total. The van der Waals surface area contributed by atoms with E-state index in [9.17, 15) is 4.39 Å². The van der Waals surface area contributed by atoms with Gasteiger partial charge in [0.1, 0.15) is 5.82 Å². The quantitative estimate of drug-likeness (QED) is 0.939. The van der Waals surface area contributed by atoms with Crippen molar-refractivity contribution in [1.82, 2.24) is 10.1 Å². The zero-order valence-electron chi connectivity index (χ0n) is 8.80. The molecule has 17 heavy (non-hydrogen) atoms. The SMILES string of the molecule is Cc1nc(CNc2c(Cl)cc(F)cc2Br)no1. The van der Waals surface area contributed by atoms with Crippen LogP contribution in [0.4, 0.5) is 10.1 Å². The molecular formula is C10H8BrClFN3O. The molecule has 2 aromatic rings. The molecule has 1 N–H and O–H groups in total. The van der Waals surface area contributed by atoms with Crippen molar-refractivity contribution in [1.29, 1.82) is 0 Å². The number of aryl methyl sites for hydroxylation is 1. The van der Waals surface area contributed by atoms with Crippen molar-refractivity contribution < 1.29 is 8.91 Å². The minimum absolute atomic E-state index is 0.289. The van der Waals surface area contributed by atoms with Gasteiger partial charge >= 0.3 is 0 Å². The highest BCUT2D eigenvalue weighted by Crippen LogP contribution is 2.31. The fourth-order valence-corrected chi connectivity index (χ4v) is 2.25. The molecule has 7 heteroatoms. The number of hydrogen-bond donors (Lipinski definition) is 1. The first-order valence-electron chi connectivity index (χ1n) is 4.74. The van der Waals surface area contributed by atoms with Gasteiger partial charge in [-0.1, -0.05) is 16.8 Å². The van der Waals surface area contributed by atoms with E-state index in [0.717, 1.165) is 0 Å². The van der Waals surface area contributed by atoms with Gasteiger partial charge in [0, 0.05) is 11.4 Å². The average Bonchev–Trinajstić information content (AvgIpc) is 2.62. The standard InChI is InChI=1S/C10H8BrClFN3O/c1-5-15-9(16-17-5)4-14-10-7(11)2-6(13)3-8(10)12/h2-3,14H,4H2,1H3. The lowest BCUT2D eigenvalue weighted by atomic mass is 10.3. The van der Waals surface area contributed by atoms with Gasteiger partial charge in [0.15, 0.2) is 5.82 Å². The molecule has 2 rings (SSSR count). The summed E-state index contributed by atoms with van der Waals surface area (Å²) in [5, 5.41) is 7.02. The van der Waals surface area contributed by atoms with Crippen molar-refractivity contribution in [3.8, 4) is 0 Å². The largest absolute Gasteiger partial charge is 0.375 e. The summed E-state index contributed by atoms with van der Waals surface area (Å²) in [4.78, 5) is 4.03. The van der Waals surface area contributed by atoms with Gasteiger partial charge in [0.2, 0.25) is 5.89 Å². The van der Waals surface area contributed by atoms with E-state index in [-0.39, 0.29) is 5.02 Å². The van der Waals surface area contributed by atoms with E-state index >= 15 is 0 Å². The van der Waals surface area contributed by atoms with Crippen LogP contribution in [-0.4, -0.2) is 10.1 Å². The summed E-state index contributed by atoms with van der Waals surface area (Å²) in [7, 11) is 0. The van der Waals surface area contributed by atoms with Crippen LogP contribution < -0.4 is 5.32 Å². The zero-order valence-corrected chi connectivity index (χ0v) is 11.1. The lowest BCUT2D eigenvalue weighted by molar-refractivity contribution is 0.388. The highest BCUT2D eigenvalue weighted by Gasteiger charge is 2.09. The highest BCUT2D eigenvalue weighted by atomic mass is 79.9. The molecular weight excluding hydrogens is 312 g/mol. The summed E-state index contributed by atoms with van der Waals surface area (Å²) in [5.41, 5.74) is 0.593. The molecule has 0 aliphatic heterocycles. The molecule has 0 aliphatic rings. The minimum atomic E-state index is -0.400. The zero-order chi connectivity index (χ0) is 12.4. The Labute approximate surface area is 110 Å². The molecule has 1 heterocycles. The lowest BCUT2D eigenvalue weighted by Crippen LogP contribution is -2.02. The lowest BCUT2D eigenvalue weighted by Gasteiger charge is -2.08. The third-order valence-corrected chi connectivity index (χ3v) is 2.92.